The van der Waals surface area contributed by atoms with Crippen LogP contribution in [0.15, 0.2) is 70.7 Å². The minimum Gasteiger partial charge on any atom is -0.382 e. The summed E-state index contributed by atoms with van der Waals surface area (Å²) in [5.74, 6) is 0.695. The third-order valence-electron chi connectivity index (χ3n) is 4.97. The highest BCUT2D eigenvalue weighted by Gasteiger charge is 2.25. The van der Waals surface area contributed by atoms with Gasteiger partial charge in [-0.25, -0.2) is 9.97 Å². The third-order valence-corrected chi connectivity index (χ3v) is 5.65. The van der Waals surface area contributed by atoms with E-state index in [4.69, 9.17) is 0 Å². The lowest BCUT2D eigenvalue weighted by Gasteiger charge is -2.16. The molecule has 2 N–H and O–H groups in total. The summed E-state index contributed by atoms with van der Waals surface area (Å²) in [6.07, 6.45) is 10.7. The average molecular weight is 394 g/mol. The Morgan fingerprint density at radius 1 is 1.00 bits per heavy atom. The Kier molecular flexibility index (Phi) is 5.62. The predicted octanol–water partition coefficient (Wildman–Crippen LogP) is 3.79. The van der Waals surface area contributed by atoms with Crippen LogP contribution in [0.1, 0.15) is 19.3 Å². The molecule has 0 spiro atoms. The van der Waals surface area contributed by atoms with Gasteiger partial charge < -0.3 is 10.6 Å². The summed E-state index contributed by atoms with van der Waals surface area (Å²) in [6.45, 7) is 0. The SMILES string of the molecule is CSc1cnc(N[C@H]2CC[C@H](Nc3ccc(-n4ccccc4=O)cc3)C2)nc1. The molecule has 4 rings (SSSR count). The van der Waals surface area contributed by atoms with Gasteiger partial charge in [0.2, 0.25) is 5.95 Å². The zero-order valence-electron chi connectivity index (χ0n) is 15.7. The van der Waals surface area contributed by atoms with Crippen LogP contribution in [-0.2, 0) is 0 Å². The zero-order chi connectivity index (χ0) is 19.3. The second-order valence-corrected chi connectivity index (χ2v) is 7.78. The Bertz CT molecular complexity index is 971. The van der Waals surface area contributed by atoms with Gasteiger partial charge in [0.25, 0.3) is 5.56 Å². The van der Waals surface area contributed by atoms with Crippen molar-refractivity contribution in [3.05, 3.63) is 71.4 Å². The van der Waals surface area contributed by atoms with Crippen LogP contribution < -0.4 is 16.2 Å². The van der Waals surface area contributed by atoms with Gasteiger partial charge >= 0.3 is 0 Å². The van der Waals surface area contributed by atoms with Gasteiger partial charge in [-0.1, -0.05) is 6.07 Å². The second-order valence-electron chi connectivity index (χ2n) is 6.90. The van der Waals surface area contributed by atoms with Crippen LogP contribution in [0.5, 0.6) is 0 Å². The Balaban J connectivity index is 1.34. The number of hydrogen-bond acceptors (Lipinski definition) is 6. The summed E-state index contributed by atoms with van der Waals surface area (Å²) in [7, 11) is 0. The highest BCUT2D eigenvalue weighted by molar-refractivity contribution is 7.98. The molecular formula is C21H23N5OS. The number of thioether (sulfide) groups is 1. The van der Waals surface area contributed by atoms with E-state index in [1.54, 1.807) is 34.7 Å². The summed E-state index contributed by atoms with van der Waals surface area (Å²) < 4.78 is 1.64. The van der Waals surface area contributed by atoms with Gasteiger partial charge in [0.1, 0.15) is 0 Å². The van der Waals surface area contributed by atoms with Crippen molar-refractivity contribution in [2.24, 2.45) is 0 Å². The maximum atomic E-state index is 11.9. The number of nitrogens with zero attached hydrogens (tertiary/aromatic N) is 3. The molecule has 2 atom stereocenters. The normalized spacial score (nSPS) is 18.8. The van der Waals surface area contributed by atoms with Crippen LogP contribution in [0.4, 0.5) is 11.6 Å². The molecule has 1 fully saturated rings. The Hall–Kier alpha value is -2.80. The highest BCUT2D eigenvalue weighted by atomic mass is 32.2. The molecule has 0 saturated heterocycles. The van der Waals surface area contributed by atoms with E-state index >= 15 is 0 Å². The first kappa shape index (κ1) is 18.6. The van der Waals surface area contributed by atoms with E-state index < -0.39 is 0 Å². The summed E-state index contributed by atoms with van der Waals surface area (Å²) in [5.41, 5.74) is 1.91. The maximum absolute atomic E-state index is 11.9. The summed E-state index contributed by atoms with van der Waals surface area (Å²) in [5, 5.41) is 7.03. The van der Waals surface area contributed by atoms with Gasteiger partial charge in [-0.05, 0) is 55.9 Å². The molecule has 6 nitrogen and oxygen atoms in total. The molecule has 0 unspecified atom stereocenters. The largest absolute Gasteiger partial charge is 0.382 e. The Labute approximate surface area is 168 Å². The molecule has 0 radical (unpaired) electrons. The molecule has 2 aromatic heterocycles. The van der Waals surface area contributed by atoms with Crippen LogP contribution in [0.3, 0.4) is 0 Å². The van der Waals surface area contributed by atoms with E-state index in [1.807, 2.05) is 49.0 Å². The number of nitrogens with one attached hydrogen (secondary N) is 2. The molecule has 0 amide bonds. The van der Waals surface area contributed by atoms with Crippen LogP contribution in [-0.4, -0.2) is 32.9 Å². The van der Waals surface area contributed by atoms with E-state index in [0.29, 0.717) is 18.0 Å². The fourth-order valence-electron chi connectivity index (χ4n) is 3.52. The molecule has 0 aliphatic heterocycles. The molecule has 1 aliphatic carbocycles. The lowest BCUT2D eigenvalue weighted by molar-refractivity contribution is 0.718. The van der Waals surface area contributed by atoms with Crippen LogP contribution in [0, 0.1) is 0 Å². The molecule has 1 aromatic carbocycles. The minimum absolute atomic E-state index is 0.0271. The number of aromatic nitrogens is 3. The van der Waals surface area contributed by atoms with Crippen molar-refractivity contribution in [2.75, 3.05) is 16.9 Å². The van der Waals surface area contributed by atoms with E-state index in [0.717, 1.165) is 35.5 Å². The molecular weight excluding hydrogens is 370 g/mol. The predicted molar refractivity (Wildman–Crippen MR) is 115 cm³/mol. The number of rotatable bonds is 6. The van der Waals surface area contributed by atoms with E-state index in [9.17, 15) is 4.79 Å². The number of anilines is 2. The lowest BCUT2D eigenvalue weighted by Crippen LogP contribution is -2.21. The number of pyridine rings is 1. The van der Waals surface area contributed by atoms with Crippen LogP contribution >= 0.6 is 11.8 Å². The van der Waals surface area contributed by atoms with Gasteiger partial charge in [0.05, 0.1) is 0 Å². The molecule has 0 bridgehead atoms. The molecule has 2 heterocycles. The average Bonchev–Trinajstić information content (AvgIpc) is 3.16. The topological polar surface area (TPSA) is 71.8 Å². The van der Waals surface area contributed by atoms with Gasteiger partial charge in [-0.3, -0.25) is 9.36 Å². The van der Waals surface area contributed by atoms with Crippen molar-refractivity contribution in [1.29, 1.82) is 0 Å². The summed E-state index contributed by atoms with van der Waals surface area (Å²) >= 11 is 1.64. The van der Waals surface area contributed by atoms with E-state index in [1.165, 1.54) is 0 Å². The van der Waals surface area contributed by atoms with Crippen molar-refractivity contribution in [3.8, 4) is 5.69 Å². The van der Waals surface area contributed by atoms with Gasteiger partial charge in [-0.2, -0.15) is 0 Å². The third kappa shape index (κ3) is 4.36. The first-order valence-corrected chi connectivity index (χ1v) is 10.6. The van der Waals surface area contributed by atoms with Crippen molar-refractivity contribution in [1.82, 2.24) is 14.5 Å². The van der Waals surface area contributed by atoms with Crippen molar-refractivity contribution in [3.63, 3.8) is 0 Å². The van der Waals surface area contributed by atoms with E-state index in [2.05, 4.69) is 20.6 Å². The van der Waals surface area contributed by atoms with Crippen molar-refractivity contribution >= 4 is 23.4 Å². The summed E-state index contributed by atoms with van der Waals surface area (Å²) in [6, 6.07) is 14.0. The van der Waals surface area contributed by atoms with Gasteiger partial charge in [-0.15, -0.1) is 11.8 Å². The second kappa shape index (κ2) is 8.48. The minimum atomic E-state index is -0.0271. The molecule has 144 valence electrons. The number of hydrogen-bond donors (Lipinski definition) is 2. The molecule has 3 aromatic rings. The lowest BCUT2D eigenvalue weighted by atomic mass is 10.2. The fraction of sp³-hybridized carbons (Fsp3) is 0.286. The highest BCUT2D eigenvalue weighted by Crippen LogP contribution is 2.25. The van der Waals surface area contributed by atoms with Crippen LogP contribution in [0.2, 0.25) is 0 Å². The monoisotopic (exact) mass is 393 g/mol. The molecule has 7 heteroatoms. The molecule has 28 heavy (non-hydrogen) atoms. The quantitative estimate of drug-likeness (QED) is 0.621. The standard InChI is InChI=1S/C21H23N5OS/c1-28-19-13-22-21(23-14-19)25-17-6-5-16(12-17)24-15-7-9-18(10-8-15)26-11-3-2-4-20(26)27/h2-4,7-11,13-14,16-17,24H,5-6,12H2,1H3,(H,22,23,25)/t16-,17-/m0/s1. The van der Waals surface area contributed by atoms with Gasteiger partial charge in [0, 0.05) is 53.0 Å². The van der Waals surface area contributed by atoms with Gasteiger partial charge in [0.15, 0.2) is 0 Å². The Morgan fingerprint density at radius 3 is 2.39 bits per heavy atom. The molecule has 1 saturated carbocycles. The van der Waals surface area contributed by atoms with Crippen molar-refractivity contribution < 1.29 is 0 Å². The maximum Gasteiger partial charge on any atom is 0.255 e. The zero-order valence-corrected chi connectivity index (χ0v) is 16.5. The fourth-order valence-corrected chi connectivity index (χ4v) is 3.83. The van der Waals surface area contributed by atoms with E-state index in [-0.39, 0.29) is 5.56 Å². The van der Waals surface area contributed by atoms with Crippen LogP contribution in [0.25, 0.3) is 5.69 Å². The first-order chi connectivity index (χ1) is 13.7. The molecule has 1 aliphatic rings. The van der Waals surface area contributed by atoms with Crippen molar-refractivity contribution in [2.45, 2.75) is 36.2 Å². The number of benzene rings is 1. The Morgan fingerprint density at radius 2 is 1.71 bits per heavy atom. The smallest absolute Gasteiger partial charge is 0.255 e. The first-order valence-electron chi connectivity index (χ1n) is 9.38. The summed E-state index contributed by atoms with van der Waals surface area (Å²) in [4.78, 5) is 21.8.